The maximum atomic E-state index is 11.2. The van der Waals surface area contributed by atoms with Crippen LogP contribution in [0.15, 0.2) is 24.3 Å². The Hall–Kier alpha value is -1.35. The average Bonchev–Trinajstić information content (AvgIpc) is 2.95. The van der Waals surface area contributed by atoms with Crippen LogP contribution in [0, 0.1) is 5.92 Å². The van der Waals surface area contributed by atoms with Crippen LogP contribution >= 0.6 is 0 Å². The van der Waals surface area contributed by atoms with Crippen molar-refractivity contribution in [2.45, 2.75) is 38.4 Å². The van der Waals surface area contributed by atoms with Crippen LogP contribution < -0.4 is 0 Å². The first-order chi connectivity index (χ1) is 8.25. The molecule has 2 atom stereocenters. The van der Waals surface area contributed by atoms with Crippen molar-refractivity contribution in [2.75, 3.05) is 0 Å². The highest BCUT2D eigenvalue weighted by molar-refractivity contribution is 5.71. The summed E-state index contributed by atoms with van der Waals surface area (Å²) in [4.78, 5) is 13.6. The summed E-state index contributed by atoms with van der Waals surface area (Å²) in [6, 6.07) is 8.66. The fraction of sp³-hybridized carbons (Fsp3) is 0.500. The van der Waals surface area contributed by atoms with Crippen molar-refractivity contribution < 1.29 is 9.90 Å². The predicted molar refractivity (Wildman–Crippen MR) is 64.5 cm³/mol. The Bertz CT molecular complexity index is 419. The zero-order valence-corrected chi connectivity index (χ0v) is 9.80. The van der Waals surface area contributed by atoms with Gasteiger partial charge in [0.05, 0.1) is 5.92 Å². The van der Waals surface area contributed by atoms with Crippen molar-refractivity contribution in [3.8, 4) is 0 Å². The zero-order valence-electron chi connectivity index (χ0n) is 9.80. The first kappa shape index (κ1) is 10.8. The molecule has 3 rings (SSSR count). The van der Waals surface area contributed by atoms with E-state index in [1.54, 1.807) is 0 Å². The van der Waals surface area contributed by atoms with E-state index in [-0.39, 0.29) is 12.0 Å². The van der Waals surface area contributed by atoms with Gasteiger partial charge in [-0.15, -0.1) is 0 Å². The second kappa shape index (κ2) is 4.15. The molecule has 1 aromatic rings. The molecular formula is C14H17NO2. The van der Waals surface area contributed by atoms with Gasteiger partial charge in [0.2, 0.25) is 0 Å². The number of hydrogen-bond acceptors (Lipinski definition) is 2. The van der Waals surface area contributed by atoms with E-state index in [0.29, 0.717) is 0 Å². The molecule has 1 aliphatic heterocycles. The number of fused-ring (bicyclic) bond motifs is 1. The lowest BCUT2D eigenvalue weighted by molar-refractivity contribution is -0.143. The summed E-state index contributed by atoms with van der Waals surface area (Å²) in [5.74, 6) is -0.784. The highest BCUT2D eigenvalue weighted by Gasteiger charge is 2.38. The second-order valence-electron chi connectivity index (χ2n) is 5.12. The van der Waals surface area contributed by atoms with Gasteiger partial charge >= 0.3 is 5.97 Å². The monoisotopic (exact) mass is 231 g/mol. The molecule has 1 fully saturated rings. The summed E-state index contributed by atoms with van der Waals surface area (Å²) in [6.07, 6.45) is 2.92. The van der Waals surface area contributed by atoms with E-state index in [1.165, 1.54) is 11.1 Å². The van der Waals surface area contributed by atoms with Crippen molar-refractivity contribution in [3.63, 3.8) is 0 Å². The summed E-state index contributed by atoms with van der Waals surface area (Å²) in [6.45, 7) is 1.84. The standard InChI is InChI=1S/C14H17NO2/c16-14(17)12-6-3-7-13(12)15-8-10-4-1-2-5-11(10)9-15/h1-2,4-5,12-13H,3,6-9H2,(H,16,17). The highest BCUT2D eigenvalue weighted by Crippen LogP contribution is 2.35. The zero-order chi connectivity index (χ0) is 11.8. The van der Waals surface area contributed by atoms with E-state index < -0.39 is 5.97 Å². The van der Waals surface area contributed by atoms with E-state index in [9.17, 15) is 9.90 Å². The smallest absolute Gasteiger partial charge is 0.308 e. The van der Waals surface area contributed by atoms with Crippen molar-refractivity contribution in [1.82, 2.24) is 4.90 Å². The Balaban J connectivity index is 1.78. The molecule has 2 aliphatic rings. The third-order valence-corrected chi connectivity index (χ3v) is 4.13. The average molecular weight is 231 g/mol. The summed E-state index contributed by atoms with van der Waals surface area (Å²) in [5, 5.41) is 9.23. The molecule has 0 bridgehead atoms. The number of nitrogens with zero attached hydrogens (tertiary/aromatic N) is 1. The van der Waals surface area contributed by atoms with Gasteiger partial charge in [-0.25, -0.2) is 0 Å². The molecule has 0 amide bonds. The van der Waals surface area contributed by atoms with E-state index in [4.69, 9.17) is 0 Å². The van der Waals surface area contributed by atoms with Gasteiger partial charge in [0.15, 0.2) is 0 Å². The normalized spacial score (nSPS) is 28.2. The van der Waals surface area contributed by atoms with Crippen LogP contribution in [0.4, 0.5) is 0 Å². The Morgan fingerprint density at radius 2 is 1.82 bits per heavy atom. The van der Waals surface area contributed by atoms with Crippen LogP contribution in [0.3, 0.4) is 0 Å². The van der Waals surface area contributed by atoms with Gasteiger partial charge in [0, 0.05) is 19.1 Å². The number of carbonyl (C=O) groups is 1. The van der Waals surface area contributed by atoms with Gasteiger partial charge in [-0.1, -0.05) is 30.7 Å². The Morgan fingerprint density at radius 1 is 1.18 bits per heavy atom. The number of aliphatic carboxylic acids is 1. The highest BCUT2D eigenvalue weighted by atomic mass is 16.4. The van der Waals surface area contributed by atoms with Gasteiger partial charge in [0.25, 0.3) is 0 Å². The molecule has 0 spiro atoms. The molecule has 1 saturated carbocycles. The fourth-order valence-electron chi connectivity index (χ4n) is 3.26. The van der Waals surface area contributed by atoms with Crippen LogP contribution in [0.2, 0.25) is 0 Å². The molecule has 90 valence electrons. The molecule has 3 heteroatoms. The molecule has 3 nitrogen and oxygen atoms in total. The minimum atomic E-state index is -0.622. The topological polar surface area (TPSA) is 40.5 Å². The lowest BCUT2D eigenvalue weighted by Gasteiger charge is -2.26. The predicted octanol–water partition coefficient (Wildman–Crippen LogP) is 2.26. The molecule has 17 heavy (non-hydrogen) atoms. The number of rotatable bonds is 2. The number of carboxylic acids is 1. The maximum absolute atomic E-state index is 11.2. The van der Waals surface area contributed by atoms with Crippen LogP contribution in [0.1, 0.15) is 30.4 Å². The second-order valence-corrected chi connectivity index (χ2v) is 5.12. The first-order valence-corrected chi connectivity index (χ1v) is 6.29. The largest absolute Gasteiger partial charge is 0.481 e. The molecule has 1 N–H and O–H groups in total. The van der Waals surface area contributed by atoms with Crippen LogP contribution in [-0.4, -0.2) is 22.0 Å². The maximum Gasteiger partial charge on any atom is 0.308 e. The first-order valence-electron chi connectivity index (χ1n) is 6.29. The molecule has 1 aliphatic carbocycles. The van der Waals surface area contributed by atoms with Gasteiger partial charge in [-0.05, 0) is 24.0 Å². The minimum absolute atomic E-state index is 0.163. The molecule has 1 heterocycles. The Morgan fingerprint density at radius 3 is 2.41 bits per heavy atom. The van der Waals surface area contributed by atoms with Crippen LogP contribution in [0.25, 0.3) is 0 Å². The van der Waals surface area contributed by atoms with Crippen LogP contribution in [0.5, 0.6) is 0 Å². The lowest BCUT2D eigenvalue weighted by atomic mass is 10.0. The molecular weight excluding hydrogens is 214 g/mol. The molecule has 2 unspecified atom stereocenters. The van der Waals surface area contributed by atoms with Gasteiger partial charge < -0.3 is 5.11 Å². The van der Waals surface area contributed by atoms with Gasteiger partial charge in [-0.2, -0.15) is 0 Å². The quantitative estimate of drug-likeness (QED) is 0.848. The SMILES string of the molecule is O=C(O)C1CCCC1N1Cc2ccccc2C1. The fourth-order valence-corrected chi connectivity index (χ4v) is 3.26. The summed E-state index contributed by atoms with van der Waals surface area (Å²) >= 11 is 0. The van der Waals surface area contributed by atoms with E-state index in [1.807, 2.05) is 0 Å². The Labute approximate surface area is 101 Å². The number of benzene rings is 1. The minimum Gasteiger partial charge on any atom is -0.481 e. The molecule has 0 saturated heterocycles. The van der Waals surface area contributed by atoms with E-state index in [0.717, 1.165) is 32.4 Å². The summed E-state index contributed by atoms with van der Waals surface area (Å²) in [5.41, 5.74) is 2.73. The number of carboxylic acid groups (broad SMARTS) is 1. The van der Waals surface area contributed by atoms with Gasteiger partial charge in [-0.3, -0.25) is 9.69 Å². The van der Waals surface area contributed by atoms with E-state index in [2.05, 4.69) is 29.2 Å². The van der Waals surface area contributed by atoms with Crippen molar-refractivity contribution in [1.29, 1.82) is 0 Å². The van der Waals surface area contributed by atoms with Crippen molar-refractivity contribution in [3.05, 3.63) is 35.4 Å². The molecule has 0 aromatic heterocycles. The molecule has 1 aromatic carbocycles. The summed E-state index contributed by atoms with van der Waals surface area (Å²) < 4.78 is 0. The number of hydrogen-bond donors (Lipinski definition) is 1. The third kappa shape index (κ3) is 1.84. The lowest BCUT2D eigenvalue weighted by Crippen LogP contribution is -2.37. The van der Waals surface area contributed by atoms with E-state index >= 15 is 0 Å². The third-order valence-electron chi connectivity index (χ3n) is 4.13. The van der Waals surface area contributed by atoms with Gasteiger partial charge in [0.1, 0.15) is 0 Å². The van der Waals surface area contributed by atoms with Crippen molar-refractivity contribution in [2.24, 2.45) is 5.92 Å². The Kier molecular flexibility index (Phi) is 2.63. The van der Waals surface area contributed by atoms with Crippen molar-refractivity contribution >= 4 is 5.97 Å². The van der Waals surface area contributed by atoms with Crippen LogP contribution in [-0.2, 0) is 17.9 Å². The molecule has 0 radical (unpaired) electrons. The summed E-state index contributed by atoms with van der Waals surface area (Å²) in [7, 11) is 0.